The Morgan fingerprint density at radius 3 is 2.41 bits per heavy atom. The molecule has 0 aliphatic carbocycles. The van der Waals surface area contributed by atoms with E-state index in [9.17, 15) is 14.3 Å². The summed E-state index contributed by atoms with van der Waals surface area (Å²) >= 11 is 0. The fourth-order valence-electron chi connectivity index (χ4n) is 2.07. The minimum absolute atomic E-state index is 0.308. The summed E-state index contributed by atoms with van der Waals surface area (Å²) in [6.45, 7) is 5.62. The van der Waals surface area contributed by atoms with Gasteiger partial charge in [0.1, 0.15) is 5.82 Å². The number of aliphatic carboxylic acids is 1. The highest BCUT2D eigenvalue weighted by Crippen LogP contribution is 2.32. The van der Waals surface area contributed by atoms with Gasteiger partial charge in [0.15, 0.2) is 0 Å². The summed E-state index contributed by atoms with van der Waals surface area (Å²) < 4.78 is 13.2. The maximum atomic E-state index is 13.2. The molecule has 0 atom stereocenters. The van der Waals surface area contributed by atoms with Gasteiger partial charge >= 0.3 is 5.97 Å². The van der Waals surface area contributed by atoms with Gasteiger partial charge in [0, 0.05) is 0 Å². The van der Waals surface area contributed by atoms with Crippen molar-refractivity contribution in [2.45, 2.75) is 40.0 Å². The lowest BCUT2D eigenvalue weighted by atomic mass is 9.76. The van der Waals surface area contributed by atoms with Crippen molar-refractivity contribution in [3.05, 3.63) is 35.1 Å². The van der Waals surface area contributed by atoms with Gasteiger partial charge in [-0.25, -0.2) is 4.39 Å². The van der Waals surface area contributed by atoms with Crippen molar-refractivity contribution in [1.29, 1.82) is 0 Å². The average molecular weight is 238 g/mol. The predicted molar refractivity (Wildman–Crippen MR) is 65.5 cm³/mol. The van der Waals surface area contributed by atoms with Gasteiger partial charge in [-0.15, -0.1) is 0 Å². The van der Waals surface area contributed by atoms with Crippen LogP contribution in [0.2, 0.25) is 0 Å². The summed E-state index contributed by atoms with van der Waals surface area (Å²) in [6, 6.07) is 4.54. The maximum absolute atomic E-state index is 13.2. The molecule has 3 heteroatoms. The molecule has 1 aromatic carbocycles. The van der Waals surface area contributed by atoms with E-state index in [1.54, 1.807) is 6.07 Å². The molecule has 2 nitrogen and oxygen atoms in total. The highest BCUT2D eigenvalue weighted by Gasteiger charge is 2.35. The quantitative estimate of drug-likeness (QED) is 0.851. The Morgan fingerprint density at radius 2 is 1.94 bits per heavy atom. The SMILES string of the molecule is CCC(CC)(Cc1cc(F)ccc1C)C(=O)O. The minimum Gasteiger partial charge on any atom is -0.481 e. The van der Waals surface area contributed by atoms with Crippen molar-refractivity contribution in [3.8, 4) is 0 Å². The third-order valence-corrected chi connectivity index (χ3v) is 3.65. The second kappa shape index (κ2) is 5.30. The van der Waals surface area contributed by atoms with E-state index in [0.29, 0.717) is 19.3 Å². The first-order chi connectivity index (χ1) is 7.95. The fraction of sp³-hybridized carbons (Fsp3) is 0.500. The summed E-state index contributed by atoms with van der Waals surface area (Å²) in [6.07, 6.45) is 1.49. The molecule has 1 N–H and O–H groups in total. The van der Waals surface area contributed by atoms with E-state index in [0.717, 1.165) is 11.1 Å². The molecule has 0 bridgehead atoms. The van der Waals surface area contributed by atoms with E-state index < -0.39 is 11.4 Å². The Labute approximate surface area is 101 Å². The number of halogens is 1. The number of carbonyl (C=O) groups is 1. The number of rotatable bonds is 5. The van der Waals surface area contributed by atoms with Gasteiger partial charge in [0.25, 0.3) is 0 Å². The van der Waals surface area contributed by atoms with E-state index in [4.69, 9.17) is 0 Å². The summed E-state index contributed by atoms with van der Waals surface area (Å²) in [5, 5.41) is 9.35. The van der Waals surface area contributed by atoms with Gasteiger partial charge in [-0.3, -0.25) is 4.79 Å². The number of carboxylic acid groups (broad SMARTS) is 1. The lowest BCUT2D eigenvalue weighted by molar-refractivity contribution is -0.149. The lowest BCUT2D eigenvalue weighted by Gasteiger charge is -2.27. The summed E-state index contributed by atoms with van der Waals surface area (Å²) in [4.78, 5) is 11.4. The van der Waals surface area contributed by atoms with E-state index in [2.05, 4.69) is 0 Å². The highest BCUT2D eigenvalue weighted by atomic mass is 19.1. The van der Waals surface area contributed by atoms with Crippen molar-refractivity contribution < 1.29 is 14.3 Å². The Morgan fingerprint density at radius 1 is 1.35 bits per heavy atom. The maximum Gasteiger partial charge on any atom is 0.309 e. The molecule has 0 saturated heterocycles. The van der Waals surface area contributed by atoms with E-state index in [1.165, 1.54) is 12.1 Å². The molecule has 0 aromatic heterocycles. The molecule has 0 aliphatic rings. The molecule has 94 valence electrons. The van der Waals surface area contributed by atoms with E-state index in [1.807, 2.05) is 20.8 Å². The number of carboxylic acids is 1. The molecule has 0 heterocycles. The van der Waals surface area contributed by atoms with Crippen LogP contribution in [0.25, 0.3) is 0 Å². The Bertz CT molecular complexity index is 409. The second-order valence-electron chi connectivity index (χ2n) is 4.54. The van der Waals surface area contributed by atoms with Crippen LogP contribution in [0.5, 0.6) is 0 Å². The zero-order chi connectivity index (χ0) is 13.1. The Kier molecular flexibility index (Phi) is 4.27. The first-order valence-corrected chi connectivity index (χ1v) is 5.93. The van der Waals surface area contributed by atoms with Crippen LogP contribution in [0, 0.1) is 18.2 Å². The van der Waals surface area contributed by atoms with Crippen LogP contribution in [-0.4, -0.2) is 11.1 Å². The largest absolute Gasteiger partial charge is 0.481 e. The standard InChI is InChI=1S/C14H19FO2/c1-4-14(5-2,13(16)17)9-11-8-12(15)7-6-10(11)3/h6-8H,4-5,9H2,1-3H3,(H,16,17). The Balaban J connectivity index is 3.09. The molecular formula is C14H19FO2. The molecule has 0 unspecified atom stereocenters. The summed E-state index contributed by atoms with van der Waals surface area (Å²) in [5.41, 5.74) is 0.952. The lowest BCUT2D eigenvalue weighted by Crippen LogP contribution is -2.32. The number of hydrogen-bond acceptors (Lipinski definition) is 1. The monoisotopic (exact) mass is 238 g/mol. The van der Waals surface area contributed by atoms with Gasteiger partial charge in [0.05, 0.1) is 5.41 Å². The normalized spacial score (nSPS) is 11.5. The average Bonchev–Trinajstić information content (AvgIpc) is 2.30. The smallest absolute Gasteiger partial charge is 0.309 e. The van der Waals surface area contributed by atoms with Gasteiger partial charge in [-0.05, 0) is 49.4 Å². The van der Waals surface area contributed by atoms with Crippen LogP contribution in [0.1, 0.15) is 37.8 Å². The third kappa shape index (κ3) is 2.84. The number of benzene rings is 1. The van der Waals surface area contributed by atoms with Crippen molar-refractivity contribution in [2.75, 3.05) is 0 Å². The van der Waals surface area contributed by atoms with Crippen LogP contribution in [0.15, 0.2) is 18.2 Å². The van der Waals surface area contributed by atoms with Crippen LogP contribution < -0.4 is 0 Å². The van der Waals surface area contributed by atoms with Crippen molar-refractivity contribution in [1.82, 2.24) is 0 Å². The van der Waals surface area contributed by atoms with Crippen molar-refractivity contribution in [3.63, 3.8) is 0 Å². The van der Waals surface area contributed by atoms with Crippen LogP contribution in [0.3, 0.4) is 0 Å². The van der Waals surface area contributed by atoms with E-state index in [-0.39, 0.29) is 5.82 Å². The van der Waals surface area contributed by atoms with Gasteiger partial charge in [-0.2, -0.15) is 0 Å². The molecular weight excluding hydrogens is 219 g/mol. The molecule has 0 radical (unpaired) electrons. The van der Waals surface area contributed by atoms with Crippen LogP contribution in [-0.2, 0) is 11.2 Å². The van der Waals surface area contributed by atoms with Crippen molar-refractivity contribution >= 4 is 5.97 Å². The van der Waals surface area contributed by atoms with E-state index >= 15 is 0 Å². The van der Waals surface area contributed by atoms with Crippen LogP contribution in [0.4, 0.5) is 4.39 Å². The van der Waals surface area contributed by atoms with Crippen LogP contribution >= 0.6 is 0 Å². The minimum atomic E-state index is -0.800. The topological polar surface area (TPSA) is 37.3 Å². The first kappa shape index (κ1) is 13.7. The molecule has 0 spiro atoms. The molecule has 17 heavy (non-hydrogen) atoms. The Hall–Kier alpha value is -1.38. The van der Waals surface area contributed by atoms with Gasteiger partial charge < -0.3 is 5.11 Å². The van der Waals surface area contributed by atoms with Crippen molar-refractivity contribution in [2.24, 2.45) is 5.41 Å². The molecule has 0 aliphatic heterocycles. The molecule has 1 rings (SSSR count). The molecule has 0 fully saturated rings. The summed E-state index contributed by atoms with van der Waals surface area (Å²) in [5.74, 6) is -1.11. The number of hydrogen-bond donors (Lipinski definition) is 1. The molecule has 0 saturated carbocycles. The number of aryl methyl sites for hydroxylation is 1. The first-order valence-electron chi connectivity index (χ1n) is 5.93. The summed E-state index contributed by atoms with van der Waals surface area (Å²) in [7, 11) is 0. The van der Waals surface area contributed by atoms with Gasteiger partial charge in [0.2, 0.25) is 0 Å². The zero-order valence-corrected chi connectivity index (χ0v) is 10.6. The third-order valence-electron chi connectivity index (χ3n) is 3.65. The molecule has 0 amide bonds. The predicted octanol–water partition coefficient (Wildman–Crippen LogP) is 3.57. The molecule has 1 aromatic rings. The second-order valence-corrected chi connectivity index (χ2v) is 4.54. The van der Waals surface area contributed by atoms with Gasteiger partial charge in [-0.1, -0.05) is 19.9 Å². The fourth-order valence-corrected chi connectivity index (χ4v) is 2.07. The highest BCUT2D eigenvalue weighted by molar-refractivity contribution is 5.75. The zero-order valence-electron chi connectivity index (χ0n) is 10.6.